The quantitative estimate of drug-likeness (QED) is 0.717. The van der Waals surface area contributed by atoms with Crippen LogP contribution < -0.4 is 0 Å². The number of hydrogen-bond donors (Lipinski definition) is 0. The Kier molecular flexibility index (Phi) is 2.36. The number of hydrogen-bond acceptors (Lipinski definition) is 4. The lowest BCUT2D eigenvalue weighted by atomic mass is 10.1. The minimum absolute atomic E-state index is 0.598. The van der Waals surface area contributed by atoms with E-state index in [9.17, 15) is 0 Å². The summed E-state index contributed by atoms with van der Waals surface area (Å²) < 4.78 is 2.04. The highest BCUT2D eigenvalue weighted by Gasteiger charge is 2.23. The molecule has 1 aromatic heterocycles. The smallest absolute Gasteiger partial charge is 0.159 e. The summed E-state index contributed by atoms with van der Waals surface area (Å²) in [6.45, 7) is 2.81. The second-order valence-corrected chi connectivity index (χ2v) is 4.97. The molecule has 0 amide bonds. The van der Waals surface area contributed by atoms with Gasteiger partial charge in [0.05, 0.1) is 5.69 Å². The van der Waals surface area contributed by atoms with E-state index in [1.165, 1.54) is 18.4 Å². The number of para-hydroxylation sites is 1. The molecule has 19 heavy (non-hydrogen) atoms. The standard InChI is InChI=1S/C14H15N5/c1-2-6-12-11(5-1)14(18-7-3-4-8-18)15-9-13-17-16-10-19(12)13/h1-2,5-6,10H,3-4,7-9H2. The molecule has 0 radical (unpaired) electrons. The van der Waals surface area contributed by atoms with Crippen LogP contribution in [-0.4, -0.2) is 38.6 Å². The van der Waals surface area contributed by atoms with Gasteiger partial charge in [0.15, 0.2) is 5.82 Å². The summed E-state index contributed by atoms with van der Waals surface area (Å²) in [7, 11) is 0. The molecule has 4 rings (SSSR count). The van der Waals surface area contributed by atoms with Crippen LogP contribution in [0.25, 0.3) is 5.69 Å². The molecule has 3 heterocycles. The number of aromatic nitrogens is 3. The van der Waals surface area contributed by atoms with E-state index in [1.807, 2.05) is 4.57 Å². The van der Waals surface area contributed by atoms with Crippen molar-refractivity contribution in [3.63, 3.8) is 0 Å². The summed E-state index contributed by atoms with van der Waals surface area (Å²) >= 11 is 0. The van der Waals surface area contributed by atoms with E-state index in [2.05, 4.69) is 39.4 Å². The lowest BCUT2D eigenvalue weighted by Crippen LogP contribution is -2.29. The van der Waals surface area contributed by atoms with E-state index in [0.717, 1.165) is 30.4 Å². The molecule has 2 aliphatic rings. The SMILES string of the molecule is c1ccc2c(c1)C(N1CCCC1)=NCc1nncn1-2. The molecule has 0 spiro atoms. The summed E-state index contributed by atoms with van der Waals surface area (Å²) in [6, 6.07) is 8.37. The fourth-order valence-corrected chi connectivity index (χ4v) is 2.87. The van der Waals surface area contributed by atoms with Gasteiger partial charge in [-0.1, -0.05) is 12.1 Å². The molecule has 0 atom stereocenters. The molecular formula is C14H15N5. The first kappa shape index (κ1) is 10.7. The molecule has 0 N–H and O–H groups in total. The van der Waals surface area contributed by atoms with Crippen molar-refractivity contribution < 1.29 is 0 Å². The Morgan fingerprint density at radius 1 is 1.05 bits per heavy atom. The zero-order valence-electron chi connectivity index (χ0n) is 10.7. The molecule has 0 unspecified atom stereocenters. The first-order valence-electron chi connectivity index (χ1n) is 6.71. The van der Waals surface area contributed by atoms with Crippen molar-refractivity contribution in [2.45, 2.75) is 19.4 Å². The molecular weight excluding hydrogens is 238 g/mol. The summed E-state index contributed by atoms with van der Waals surface area (Å²) in [5.41, 5.74) is 2.31. The Balaban J connectivity index is 1.89. The maximum atomic E-state index is 4.78. The average Bonchev–Trinajstić information content (AvgIpc) is 3.09. The Hall–Kier alpha value is -2.17. The van der Waals surface area contributed by atoms with Crippen LogP contribution in [0.2, 0.25) is 0 Å². The number of amidine groups is 1. The maximum absolute atomic E-state index is 4.78. The molecule has 0 bridgehead atoms. The first-order valence-corrected chi connectivity index (χ1v) is 6.71. The number of nitrogens with zero attached hydrogens (tertiary/aromatic N) is 5. The zero-order valence-corrected chi connectivity index (χ0v) is 10.7. The number of likely N-dealkylation sites (tertiary alicyclic amines) is 1. The summed E-state index contributed by atoms with van der Waals surface area (Å²) in [5, 5.41) is 8.16. The van der Waals surface area contributed by atoms with Gasteiger partial charge in [-0.05, 0) is 25.0 Å². The third-order valence-corrected chi connectivity index (χ3v) is 3.80. The number of fused-ring (bicyclic) bond motifs is 3. The van der Waals surface area contributed by atoms with E-state index in [-0.39, 0.29) is 0 Å². The highest BCUT2D eigenvalue weighted by molar-refractivity contribution is 6.02. The Labute approximate surface area is 111 Å². The average molecular weight is 253 g/mol. The topological polar surface area (TPSA) is 46.3 Å². The molecule has 1 saturated heterocycles. The van der Waals surface area contributed by atoms with Crippen LogP contribution in [0.5, 0.6) is 0 Å². The fraction of sp³-hybridized carbons (Fsp3) is 0.357. The monoisotopic (exact) mass is 253 g/mol. The van der Waals surface area contributed by atoms with E-state index < -0.39 is 0 Å². The molecule has 0 aliphatic carbocycles. The molecule has 5 heteroatoms. The first-order chi connectivity index (χ1) is 9.43. The second kappa shape index (κ2) is 4.19. The van der Waals surface area contributed by atoms with Crippen LogP contribution in [0, 0.1) is 0 Å². The van der Waals surface area contributed by atoms with Crippen molar-refractivity contribution in [1.29, 1.82) is 0 Å². The van der Waals surface area contributed by atoms with Gasteiger partial charge in [-0.15, -0.1) is 10.2 Å². The summed E-state index contributed by atoms with van der Waals surface area (Å²) in [5.74, 6) is 2.01. The second-order valence-electron chi connectivity index (χ2n) is 4.97. The molecule has 0 saturated carbocycles. The minimum Gasteiger partial charge on any atom is -0.356 e. The predicted molar refractivity (Wildman–Crippen MR) is 72.4 cm³/mol. The molecule has 2 aliphatic heterocycles. The van der Waals surface area contributed by atoms with E-state index >= 15 is 0 Å². The van der Waals surface area contributed by atoms with Gasteiger partial charge in [-0.3, -0.25) is 9.56 Å². The van der Waals surface area contributed by atoms with Gasteiger partial charge in [0.2, 0.25) is 0 Å². The number of aliphatic imine (C=N–C) groups is 1. The van der Waals surface area contributed by atoms with Crippen molar-refractivity contribution in [3.8, 4) is 5.69 Å². The molecule has 96 valence electrons. The van der Waals surface area contributed by atoms with Gasteiger partial charge in [0.1, 0.15) is 18.7 Å². The maximum Gasteiger partial charge on any atom is 0.159 e. The summed E-state index contributed by atoms with van der Waals surface area (Å²) in [6.07, 6.45) is 4.29. The van der Waals surface area contributed by atoms with Gasteiger partial charge < -0.3 is 4.90 Å². The Bertz CT molecular complexity index is 637. The highest BCUT2D eigenvalue weighted by atomic mass is 15.3. The zero-order chi connectivity index (χ0) is 12.7. The van der Waals surface area contributed by atoms with Gasteiger partial charge in [-0.2, -0.15) is 0 Å². The van der Waals surface area contributed by atoms with E-state index in [4.69, 9.17) is 4.99 Å². The van der Waals surface area contributed by atoms with E-state index in [0.29, 0.717) is 6.54 Å². The Morgan fingerprint density at radius 3 is 2.79 bits per heavy atom. The van der Waals surface area contributed by atoms with Crippen LogP contribution >= 0.6 is 0 Å². The molecule has 1 fully saturated rings. The van der Waals surface area contributed by atoms with Gasteiger partial charge in [-0.25, -0.2) is 0 Å². The van der Waals surface area contributed by atoms with Crippen molar-refractivity contribution in [3.05, 3.63) is 42.0 Å². The van der Waals surface area contributed by atoms with Gasteiger partial charge in [0.25, 0.3) is 0 Å². The fourth-order valence-electron chi connectivity index (χ4n) is 2.87. The summed E-state index contributed by atoms with van der Waals surface area (Å²) in [4.78, 5) is 7.17. The molecule has 2 aromatic rings. The van der Waals surface area contributed by atoms with Crippen molar-refractivity contribution >= 4 is 5.84 Å². The van der Waals surface area contributed by atoms with Crippen LogP contribution in [0.15, 0.2) is 35.6 Å². The number of rotatable bonds is 0. The molecule has 1 aromatic carbocycles. The number of benzene rings is 1. The van der Waals surface area contributed by atoms with Crippen molar-refractivity contribution in [2.75, 3.05) is 13.1 Å². The normalized spacial score (nSPS) is 17.7. The molecule has 5 nitrogen and oxygen atoms in total. The minimum atomic E-state index is 0.598. The van der Waals surface area contributed by atoms with Crippen LogP contribution in [0.1, 0.15) is 24.2 Å². The van der Waals surface area contributed by atoms with Crippen LogP contribution in [0.4, 0.5) is 0 Å². The Morgan fingerprint density at radius 2 is 1.89 bits per heavy atom. The van der Waals surface area contributed by atoms with Crippen LogP contribution in [0.3, 0.4) is 0 Å². The van der Waals surface area contributed by atoms with Gasteiger partial charge >= 0.3 is 0 Å². The van der Waals surface area contributed by atoms with Crippen molar-refractivity contribution in [1.82, 2.24) is 19.7 Å². The third kappa shape index (κ3) is 1.65. The van der Waals surface area contributed by atoms with Crippen LogP contribution in [-0.2, 0) is 6.54 Å². The predicted octanol–water partition coefficient (Wildman–Crippen LogP) is 1.62. The third-order valence-electron chi connectivity index (χ3n) is 3.80. The van der Waals surface area contributed by atoms with Gasteiger partial charge in [0, 0.05) is 18.7 Å². The highest BCUT2D eigenvalue weighted by Crippen LogP contribution is 2.24. The lowest BCUT2D eigenvalue weighted by molar-refractivity contribution is 0.518. The van der Waals surface area contributed by atoms with E-state index in [1.54, 1.807) is 6.33 Å². The van der Waals surface area contributed by atoms with Crippen molar-refractivity contribution in [2.24, 2.45) is 4.99 Å². The lowest BCUT2D eigenvalue weighted by Gasteiger charge is -2.21. The largest absolute Gasteiger partial charge is 0.356 e.